The van der Waals surface area contributed by atoms with Crippen LogP contribution in [0.5, 0.6) is 0 Å². The van der Waals surface area contributed by atoms with Gasteiger partial charge in [0.1, 0.15) is 0 Å². The van der Waals surface area contributed by atoms with Crippen molar-refractivity contribution in [3.63, 3.8) is 0 Å². The summed E-state index contributed by atoms with van der Waals surface area (Å²) in [5.41, 5.74) is 3.94. The molecule has 3 aromatic heterocycles. The second-order valence-corrected chi connectivity index (χ2v) is 7.74. The van der Waals surface area contributed by atoms with Crippen LogP contribution in [-0.2, 0) is 13.6 Å². The van der Waals surface area contributed by atoms with Gasteiger partial charge in [0.05, 0.1) is 12.6 Å². The van der Waals surface area contributed by atoms with Gasteiger partial charge >= 0.3 is 5.69 Å². The fourth-order valence-corrected chi connectivity index (χ4v) is 4.03. The molecule has 0 fully saturated rings. The standard InChI is InChI=1S/C22H25N5O2/c1-13(2)12-25-20(28)18-19(24(6)22(25)29)23-21-26(14(3)15(4)27(18)21)16(5)17-10-8-7-9-11-17/h7-11,16H,1,12H2,2-6H3/t16-/m1/s1. The largest absolute Gasteiger partial charge is 0.332 e. The zero-order valence-electron chi connectivity index (χ0n) is 17.4. The number of benzene rings is 1. The topological polar surface area (TPSA) is 66.2 Å². The van der Waals surface area contributed by atoms with E-state index in [1.807, 2.05) is 36.4 Å². The molecule has 150 valence electrons. The Hall–Kier alpha value is -3.35. The highest BCUT2D eigenvalue weighted by Gasteiger charge is 2.24. The summed E-state index contributed by atoms with van der Waals surface area (Å²) in [6, 6.07) is 10.2. The van der Waals surface area contributed by atoms with Crippen LogP contribution in [0.25, 0.3) is 16.9 Å². The van der Waals surface area contributed by atoms with Crippen LogP contribution in [-0.4, -0.2) is 23.1 Å². The Morgan fingerprint density at radius 2 is 1.79 bits per heavy atom. The molecule has 0 unspecified atom stereocenters. The van der Waals surface area contributed by atoms with E-state index in [9.17, 15) is 9.59 Å². The minimum absolute atomic E-state index is 0.0267. The molecule has 0 aliphatic heterocycles. The molecule has 0 amide bonds. The van der Waals surface area contributed by atoms with E-state index in [2.05, 4.69) is 30.2 Å². The van der Waals surface area contributed by atoms with Gasteiger partial charge in [-0.2, -0.15) is 4.98 Å². The molecule has 0 radical (unpaired) electrons. The van der Waals surface area contributed by atoms with Crippen LogP contribution >= 0.6 is 0 Å². The summed E-state index contributed by atoms with van der Waals surface area (Å²) in [6.45, 7) is 12.0. The molecule has 0 N–H and O–H groups in total. The highest BCUT2D eigenvalue weighted by Crippen LogP contribution is 2.27. The first-order valence-electron chi connectivity index (χ1n) is 9.62. The SMILES string of the molecule is C=C(C)Cn1c(=O)c2c(nc3n([C@H](C)c4ccccc4)c(C)c(C)n23)n(C)c1=O. The minimum Gasteiger partial charge on any atom is -0.307 e. The zero-order chi connectivity index (χ0) is 21.0. The third-order valence-corrected chi connectivity index (χ3v) is 5.66. The highest BCUT2D eigenvalue weighted by molar-refractivity contribution is 5.76. The van der Waals surface area contributed by atoms with Gasteiger partial charge < -0.3 is 4.57 Å². The first-order chi connectivity index (χ1) is 13.7. The number of fused-ring (bicyclic) bond motifs is 3. The summed E-state index contributed by atoms with van der Waals surface area (Å²) < 4.78 is 6.67. The van der Waals surface area contributed by atoms with Gasteiger partial charge in [-0.3, -0.25) is 18.3 Å². The zero-order valence-corrected chi connectivity index (χ0v) is 17.4. The van der Waals surface area contributed by atoms with Crippen molar-refractivity contribution >= 4 is 16.9 Å². The molecule has 7 nitrogen and oxygen atoms in total. The molecule has 0 aliphatic carbocycles. The first kappa shape index (κ1) is 19.0. The maximum absolute atomic E-state index is 13.3. The molecule has 29 heavy (non-hydrogen) atoms. The molecule has 3 heterocycles. The summed E-state index contributed by atoms with van der Waals surface area (Å²) >= 11 is 0. The summed E-state index contributed by atoms with van der Waals surface area (Å²) in [4.78, 5) is 30.8. The average Bonchev–Trinajstić information content (AvgIpc) is 3.19. The van der Waals surface area contributed by atoms with Gasteiger partial charge in [0.25, 0.3) is 5.56 Å². The summed E-state index contributed by atoms with van der Waals surface area (Å²) in [5.74, 6) is 0.659. The lowest BCUT2D eigenvalue weighted by Gasteiger charge is -2.16. The number of rotatable bonds is 4. The van der Waals surface area contributed by atoms with Crippen molar-refractivity contribution in [3.05, 3.63) is 80.3 Å². The average molecular weight is 391 g/mol. The van der Waals surface area contributed by atoms with Gasteiger partial charge in [-0.05, 0) is 33.3 Å². The molecule has 0 bridgehead atoms. The molecular formula is C22H25N5O2. The normalized spacial score (nSPS) is 12.7. The monoisotopic (exact) mass is 391 g/mol. The Kier molecular flexibility index (Phi) is 4.33. The third-order valence-electron chi connectivity index (χ3n) is 5.66. The number of hydrogen-bond donors (Lipinski definition) is 0. The molecular weight excluding hydrogens is 366 g/mol. The van der Waals surface area contributed by atoms with E-state index >= 15 is 0 Å². The molecule has 7 heteroatoms. The van der Waals surface area contributed by atoms with E-state index in [4.69, 9.17) is 4.98 Å². The molecule has 4 rings (SSSR count). The lowest BCUT2D eigenvalue weighted by atomic mass is 10.1. The van der Waals surface area contributed by atoms with Gasteiger partial charge in [-0.1, -0.05) is 42.5 Å². The Balaban J connectivity index is 2.12. The van der Waals surface area contributed by atoms with Crippen molar-refractivity contribution in [2.75, 3.05) is 0 Å². The quantitative estimate of drug-likeness (QED) is 0.503. The van der Waals surface area contributed by atoms with Crippen LogP contribution < -0.4 is 11.2 Å². The van der Waals surface area contributed by atoms with Crippen LogP contribution in [0, 0.1) is 13.8 Å². The Morgan fingerprint density at radius 3 is 2.41 bits per heavy atom. The van der Waals surface area contributed by atoms with Crippen LogP contribution in [0.15, 0.2) is 52.1 Å². The van der Waals surface area contributed by atoms with Gasteiger partial charge in [0, 0.05) is 18.4 Å². The number of aryl methyl sites for hydroxylation is 2. The third kappa shape index (κ3) is 2.68. The fraction of sp³-hybridized carbons (Fsp3) is 0.318. The predicted molar refractivity (Wildman–Crippen MR) is 115 cm³/mol. The maximum Gasteiger partial charge on any atom is 0.332 e. The molecule has 0 aliphatic rings. The lowest BCUT2D eigenvalue weighted by molar-refractivity contribution is 0.637. The van der Waals surface area contributed by atoms with Crippen LogP contribution in [0.3, 0.4) is 0 Å². The summed E-state index contributed by atoms with van der Waals surface area (Å²) in [5, 5.41) is 0. The molecule has 0 saturated carbocycles. The fourth-order valence-electron chi connectivity index (χ4n) is 4.03. The molecule has 0 spiro atoms. The Morgan fingerprint density at radius 1 is 1.14 bits per heavy atom. The van der Waals surface area contributed by atoms with Crippen molar-refractivity contribution in [2.45, 2.75) is 40.3 Å². The van der Waals surface area contributed by atoms with Gasteiger partial charge in [-0.25, -0.2) is 4.79 Å². The van der Waals surface area contributed by atoms with Crippen LogP contribution in [0.4, 0.5) is 0 Å². The lowest BCUT2D eigenvalue weighted by Crippen LogP contribution is -2.39. The van der Waals surface area contributed by atoms with E-state index in [-0.39, 0.29) is 23.8 Å². The number of aromatic nitrogens is 5. The van der Waals surface area contributed by atoms with E-state index in [1.165, 1.54) is 9.13 Å². The van der Waals surface area contributed by atoms with Gasteiger partial charge in [0.2, 0.25) is 5.78 Å². The Labute approximate surface area is 168 Å². The number of nitrogens with zero attached hydrogens (tertiary/aromatic N) is 5. The van der Waals surface area contributed by atoms with Gasteiger partial charge in [0.15, 0.2) is 11.2 Å². The number of hydrogen-bond acceptors (Lipinski definition) is 3. The number of allylic oxidation sites excluding steroid dienone is 1. The second-order valence-electron chi connectivity index (χ2n) is 7.74. The maximum atomic E-state index is 13.3. The van der Waals surface area contributed by atoms with Crippen LogP contribution in [0.1, 0.15) is 36.8 Å². The molecule has 0 saturated heterocycles. The van der Waals surface area contributed by atoms with E-state index < -0.39 is 0 Å². The van der Waals surface area contributed by atoms with Crippen molar-refractivity contribution in [3.8, 4) is 0 Å². The first-order valence-corrected chi connectivity index (χ1v) is 9.62. The minimum atomic E-state index is -0.386. The van der Waals surface area contributed by atoms with E-state index in [0.29, 0.717) is 16.9 Å². The van der Waals surface area contributed by atoms with Crippen molar-refractivity contribution < 1.29 is 0 Å². The number of imidazole rings is 2. The van der Waals surface area contributed by atoms with E-state index in [1.54, 1.807) is 14.0 Å². The molecule has 1 aromatic carbocycles. The van der Waals surface area contributed by atoms with Crippen molar-refractivity contribution in [2.24, 2.45) is 7.05 Å². The van der Waals surface area contributed by atoms with Crippen molar-refractivity contribution in [1.82, 2.24) is 23.1 Å². The van der Waals surface area contributed by atoms with Gasteiger partial charge in [-0.15, -0.1) is 0 Å². The Bertz CT molecular complexity index is 1380. The summed E-state index contributed by atoms with van der Waals surface area (Å²) in [7, 11) is 1.65. The van der Waals surface area contributed by atoms with Crippen molar-refractivity contribution in [1.29, 1.82) is 0 Å². The second kappa shape index (κ2) is 6.62. The summed E-state index contributed by atoms with van der Waals surface area (Å²) in [6.07, 6.45) is 0. The van der Waals surface area contributed by atoms with E-state index in [0.717, 1.165) is 22.5 Å². The molecule has 4 aromatic rings. The smallest absolute Gasteiger partial charge is 0.307 e. The molecule has 1 atom stereocenters. The predicted octanol–water partition coefficient (Wildman–Crippen LogP) is 2.95. The van der Waals surface area contributed by atoms with Crippen LogP contribution in [0.2, 0.25) is 0 Å². The highest BCUT2D eigenvalue weighted by atomic mass is 16.2.